The second kappa shape index (κ2) is 5.52. The molecule has 0 atom stereocenters. The average Bonchev–Trinajstić information content (AvgIpc) is 3.30. The number of carbonyl (C=O) groups excluding carboxylic acids is 1. The Bertz CT molecular complexity index is 948. The number of nitrogens with zero attached hydrogens (tertiary/aromatic N) is 2. The van der Waals surface area contributed by atoms with E-state index in [4.69, 9.17) is 11.6 Å². The molecule has 0 radical (unpaired) electrons. The summed E-state index contributed by atoms with van der Waals surface area (Å²) in [7, 11) is 0. The zero-order chi connectivity index (χ0) is 16.8. The summed E-state index contributed by atoms with van der Waals surface area (Å²) in [6.45, 7) is 0. The molecule has 1 aliphatic carbocycles. The number of fused-ring (bicyclic) bond motifs is 1. The van der Waals surface area contributed by atoms with E-state index in [2.05, 4.69) is 20.3 Å². The molecule has 2 heterocycles. The number of halogens is 3. The van der Waals surface area contributed by atoms with Gasteiger partial charge < -0.3 is 10.3 Å². The number of hydrogen-bond acceptors (Lipinski definition) is 3. The minimum absolute atomic E-state index is 0.0321. The average molecular weight is 349 g/mol. The van der Waals surface area contributed by atoms with Crippen molar-refractivity contribution in [2.24, 2.45) is 5.92 Å². The highest BCUT2D eigenvalue weighted by atomic mass is 35.5. The molecule has 0 aliphatic heterocycles. The maximum absolute atomic E-state index is 14.1. The van der Waals surface area contributed by atoms with Crippen LogP contribution in [0.1, 0.15) is 12.8 Å². The standard InChI is InChI=1S/C16H11ClF2N4O/c17-8-2-1-3-9(18)11(8)14-21-12-10(19)6-20-15(13(12)22-14)23-16(24)7-4-5-7/h1-3,6-7H,4-5H2,(H,21,22)(H,20,23,24). The number of rotatable bonds is 3. The second-order valence-corrected chi connectivity index (χ2v) is 6.03. The van der Waals surface area contributed by atoms with Crippen molar-refractivity contribution in [3.05, 3.63) is 41.1 Å². The third-order valence-corrected chi connectivity index (χ3v) is 4.18. The molecule has 0 bridgehead atoms. The number of hydrogen-bond donors (Lipinski definition) is 2. The molecule has 5 nitrogen and oxygen atoms in total. The molecule has 122 valence electrons. The number of carbonyl (C=O) groups is 1. The Kier molecular flexibility index (Phi) is 3.45. The van der Waals surface area contributed by atoms with Gasteiger partial charge >= 0.3 is 0 Å². The van der Waals surface area contributed by atoms with Crippen LogP contribution in [0, 0.1) is 17.6 Å². The first-order valence-electron chi connectivity index (χ1n) is 7.34. The number of anilines is 1. The van der Waals surface area contributed by atoms with E-state index in [1.807, 2.05) is 0 Å². The Labute approximate surface area is 140 Å². The van der Waals surface area contributed by atoms with Gasteiger partial charge in [0.25, 0.3) is 0 Å². The quantitative estimate of drug-likeness (QED) is 0.754. The molecule has 8 heteroatoms. The van der Waals surface area contributed by atoms with E-state index in [-0.39, 0.29) is 45.1 Å². The molecule has 1 aliphatic rings. The minimum Gasteiger partial charge on any atom is -0.335 e. The van der Waals surface area contributed by atoms with E-state index < -0.39 is 11.6 Å². The smallest absolute Gasteiger partial charge is 0.228 e. The van der Waals surface area contributed by atoms with Gasteiger partial charge in [0.1, 0.15) is 22.7 Å². The first kappa shape index (κ1) is 15.0. The Morgan fingerprint density at radius 2 is 2.08 bits per heavy atom. The van der Waals surface area contributed by atoms with E-state index in [9.17, 15) is 13.6 Å². The van der Waals surface area contributed by atoms with Gasteiger partial charge in [0.15, 0.2) is 11.6 Å². The van der Waals surface area contributed by atoms with E-state index in [1.54, 1.807) is 0 Å². The first-order valence-corrected chi connectivity index (χ1v) is 7.72. The summed E-state index contributed by atoms with van der Waals surface area (Å²) in [5, 5.41) is 2.80. The lowest BCUT2D eigenvalue weighted by Gasteiger charge is -2.04. The lowest BCUT2D eigenvalue weighted by atomic mass is 10.2. The summed E-state index contributed by atoms with van der Waals surface area (Å²) in [6, 6.07) is 4.21. The maximum atomic E-state index is 14.1. The highest BCUT2D eigenvalue weighted by Crippen LogP contribution is 2.33. The summed E-state index contributed by atoms with van der Waals surface area (Å²) in [5.74, 6) is -1.23. The Balaban J connectivity index is 1.85. The van der Waals surface area contributed by atoms with Crippen molar-refractivity contribution < 1.29 is 13.6 Å². The van der Waals surface area contributed by atoms with Crippen LogP contribution in [0.25, 0.3) is 22.4 Å². The van der Waals surface area contributed by atoms with Crippen molar-refractivity contribution >= 4 is 34.4 Å². The van der Waals surface area contributed by atoms with Crippen molar-refractivity contribution in [3.8, 4) is 11.4 Å². The van der Waals surface area contributed by atoms with Crippen LogP contribution in [0.4, 0.5) is 14.6 Å². The summed E-state index contributed by atoms with van der Waals surface area (Å²) in [4.78, 5) is 22.7. The van der Waals surface area contributed by atoms with Gasteiger partial charge in [0, 0.05) is 5.92 Å². The Morgan fingerprint density at radius 1 is 1.29 bits per heavy atom. The molecule has 4 rings (SSSR count). The van der Waals surface area contributed by atoms with Crippen LogP contribution < -0.4 is 5.32 Å². The number of pyridine rings is 1. The third-order valence-electron chi connectivity index (χ3n) is 3.86. The molecule has 0 spiro atoms. The Morgan fingerprint density at radius 3 is 2.79 bits per heavy atom. The van der Waals surface area contributed by atoms with Crippen LogP contribution in [0.2, 0.25) is 5.02 Å². The van der Waals surface area contributed by atoms with Crippen LogP contribution in [0.15, 0.2) is 24.4 Å². The lowest BCUT2D eigenvalue weighted by molar-refractivity contribution is -0.117. The highest BCUT2D eigenvalue weighted by Gasteiger charge is 2.30. The van der Waals surface area contributed by atoms with Crippen LogP contribution in [0.3, 0.4) is 0 Å². The van der Waals surface area contributed by atoms with Gasteiger partial charge in [-0.3, -0.25) is 4.79 Å². The summed E-state index contributed by atoms with van der Waals surface area (Å²) >= 11 is 6.03. The van der Waals surface area contributed by atoms with Gasteiger partial charge in [-0.15, -0.1) is 0 Å². The van der Waals surface area contributed by atoms with Crippen LogP contribution in [0.5, 0.6) is 0 Å². The monoisotopic (exact) mass is 348 g/mol. The van der Waals surface area contributed by atoms with Gasteiger partial charge in [0.2, 0.25) is 5.91 Å². The minimum atomic E-state index is -0.676. The van der Waals surface area contributed by atoms with Crippen LogP contribution in [-0.2, 0) is 4.79 Å². The van der Waals surface area contributed by atoms with E-state index in [1.165, 1.54) is 18.2 Å². The molecule has 3 aromatic rings. The molecular weight excluding hydrogens is 338 g/mol. The molecule has 24 heavy (non-hydrogen) atoms. The number of benzene rings is 1. The van der Waals surface area contributed by atoms with Gasteiger partial charge in [-0.1, -0.05) is 17.7 Å². The van der Waals surface area contributed by atoms with Gasteiger partial charge in [-0.2, -0.15) is 0 Å². The van der Waals surface area contributed by atoms with Gasteiger partial charge in [-0.25, -0.2) is 18.7 Å². The van der Waals surface area contributed by atoms with E-state index >= 15 is 0 Å². The topological polar surface area (TPSA) is 70.7 Å². The summed E-state index contributed by atoms with van der Waals surface area (Å²) in [6.07, 6.45) is 2.63. The first-order chi connectivity index (χ1) is 11.5. The number of aromatic nitrogens is 3. The fraction of sp³-hybridized carbons (Fsp3) is 0.188. The van der Waals surface area contributed by atoms with Crippen molar-refractivity contribution in [2.75, 3.05) is 5.32 Å². The highest BCUT2D eigenvalue weighted by molar-refractivity contribution is 6.33. The van der Waals surface area contributed by atoms with Gasteiger partial charge in [0.05, 0.1) is 16.8 Å². The number of nitrogens with one attached hydrogen (secondary N) is 2. The number of H-pyrrole nitrogens is 1. The second-order valence-electron chi connectivity index (χ2n) is 5.62. The molecule has 1 amide bonds. The lowest BCUT2D eigenvalue weighted by Crippen LogP contribution is -2.14. The van der Waals surface area contributed by atoms with Gasteiger partial charge in [-0.05, 0) is 25.0 Å². The number of imidazole rings is 1. The third kappa shape index (κ3) is 2.50. The fourth-order valence-corrected chi connectivity index (χ4v) is 2.72. The molecule has 1 aromatic carbocycles. The Hall–Kier alpha value is -2.54. The van der Waals surface area contributed by atoms with Crippen molar-refractivity contribution in [1.82, 2.24) is 15.0 Å². The summed E-state index contributed by atoms with van der Waals surface area (Å²) < 4.78 is 28.1. The number of aromatic amines is 1. The van der Waals surface area contributed by atoms with E-state index in [0.29, 0.717) is 0 Å². The van der Waals surface area contributed by atoms with E-state index in [0.717, 1.165) is 19.0 Å². The molecule has 1 fully saturated rings. The van der Waals surface area contributed by atoms with Crippen LogP contribution >= 0.6 is 11.6 Å². The van der Waals surface area contributed by atoms with Crippen molar-refractivity contribution in [2.45, 2.75) is 12.8 Å². The maximum Gasteiger partial charge on any atom is 0.228 e. The van der Waals surface area contributed by atoms with Crippen molar-refractivity contribution in [1.29, 1.82) is 0 Å². The molecule has 2 N–H and O–H groups in total. The predicted octanol–water partition coefficient (Wildman–Crippen LogP) is 3.91. The molecular formula is C16H11ClF2N4O. The van der Waals surface area contributed by atoms with Crippen molar-refractivity contribution in [3.63, 3.8) is 0 Å². The molecule has 1 saturated carbocycles. The predicted molar refractivity (Wildman–Crippen MR) is 85.6 cm³/mol. The number of amides is 1. The SMILES string of the molecule is O=C(Nc1ncc(F)c2nc(-c3c(F)cccc3Cl)[nH]c12)C1CC1. The molecule has 0 saturated heterocycles. The fourth-order valence-electron chi connectivity index (χ4n) is 2.47. The summed E-state index contributed by atoms with van der Waals surface area (Å²) in [5.41, 5.74) is 0.193. The molecule has 2 aromatic heterocycles. The molecule has 0 unspecified atom stereocenters. The largest absolute Gasteiger partial charge is 0.335 e. The van der Waals surface area contributed by atoms with Crippen LogP contribution in [-0.4, -0.2) is 20.9 Å². The normalized spacial score (nSPS) is 14.1. The zero-order valence-corrected chi connectivity index (χ0v) is 13.0. The zero-order valence-electron chi connectivity index (χ0n) is 12.2.